The third-order valence-electron chi connectivity index (χ3n) is 4.18. The number of unbranched alkanes of at least 4 members (excludes halogenated alkanes) is 13. The first-order chi connectivity index (χ1) is 9.56. The molecule has 0 aliphatic carbocycles. The summed E-state index contributed by atoms with van der Waals surface area (Å²) in [5.41, 5.74) is 0. The van der Waals surface area contributed by atoms with E-state index in [0.717, 1.165) is 4.48 Å². The first-order valence-electron chi connectivity index (χ1n) is 9.36. The number of hydrogen-bond donors (Lipinski definition) is 0. The van der Waals surface area contributed by atoms with Crippen molar-refractivity contribution in [1.82, 2.24) is 0 Å². The van der Waals surface area contributed by atoms with E-state index in [-0.39, 0.29) is 42.0 Å². The summed E-state index contributed by atoms with van der Waals surface area (Å²) in [5, 5.41) is 0. The summed E-state index contributed by atoms with van der Waals surface area (Å²) in [7, 11) is 6.88. The Morgan fingerprint density at radius 1 is 0.500 bits per heavy atom. The molecule has 0 heterocycles. The van der Waals surface area contributed by atoms with E-state index in [4.69, 9.17) is 0 Å². The monoisotopic (exact) mass is 344 g/mol. The molecule has 3 heteroatoms. The third-order valence-corrected chi connectivity index (χ3v) is 4.18. The fourth-order valence-corrected chi connectivity index (χ4v) is 2.78. The number of quaternary nitrogens is 1. The number of halogens is 1. The zero-order valence-electron chi connectivity index (χ0n) is 15.5. The molecule has 0 radical (unpaired) electrons. The van der Waals surface area contributed by atoms with Crippen LogP contribution >= 0.6 is 12.4 Å². The minimum absolute atomic E-state index is 0. The van der Waals surface area contributed by atoms with Crippen LogP contribution in [0.5, 0.6) is 0 Å². The molecule has 0 N–H and O–H groups in total. The van der Waals surface area contributed by atoms with Crippen LogP contribution in [0.25, 0.3) is 0 Å². The first-order valence-corrected chi connectivity index (χ1v) is 9.36. The Morgan fingerprint density at radius 3 is 1.05 bits per heavy atom. The maximum absolute atomic E-state index is 2.29. The first kappa shape index (κ1) is 28.1. The molecule has 0 saturated carbocycles. The molecule has 0 spiro atoms. The Hall–Kier alpha value is 1.25. The second-order valence-electron chi connectivity index (χ2n) is 7.61. The molecular weight excluding hydrogens is 301 g/mol. The molecule has 0 aromatic carbocycles. The van der Waals surface area contributed by atoms with Gasteiger partial charge in [-0.2, -0.15) is 0 Å². The summed E-state index contributed by atoms with van der Waals surface area (Å²) in [6.07, 6.45) is 20.4. The summed E-state index contributed by atoms with van der Waals surface area (Å²) in [5.74, 6) is 0. The molecule has 0 aliphatic heterocycles. The van der Waals surface area contributed by atoms with Crippen molar-refractivity contribution in [3.8, 4) is 0 Å². The van der Waals surface area contributed by atoms with Gasteiger partial charge in [-0.05, 0) is 12.8 Å². The molecule has 0 bridgehead atoms. The Morgan fingerprint density at radius 2 is 0.773 bits per heavy atom. The molecule has 0 amide bonds. The minimum atomic E-state index is 0. The number of rotatable bonds is 15. The SMILES string of the molecule is CCCCCCCCCCCCCCCC[N+](C)(C)C.Cl.[NaH]. The van der Waals surface area contributed by atoms with Gasteiger partial charge in [0.2, 0.25) is 0 Å². The molecule has 0 saturated heterocycles. The molecule has 22 heavy (non-hydrogen) atoms. The van der Waals surface area contributed by atoms with Gasteiger partial charge in [0.1, 0.15) is 0 Å². The van der Waals surface area contributed by atoms with E-state index in [9.17, 15) is 0 Å². The molecule has 0 fully saturated rings. The molecule has 0 rings (SSSR count). The van der Waals surface area contributed by atoms with Crippen molar-refractivity contribution in [2.45, 2.75) is 96.8 Å². The van der Waals surface area contributed by atoms with Crippen LogP contribution in [0.1, 0.15) is 96.8 Å². The van der Waals surface area contributed by atoms with Gasteiger partial charge in [-0.3, -0.25) is 0 Å². The second kappa shape index (κ2) is 20.3. The number of nitrogens with zero attached hydrogens (tertiary/aromatic N) is 1. The average molecular weight is 345 g/mol. The van der Waals surface area contributed by atoms with Crippen molar-refractivity contribution >= 4 is 42.0 Å². The second-order valence-corrected chi connectivity index (χ2v) is 7.61. The summed E-state index contributed by atoms with van der Waals surface area (Å²) in [6, 6.07) is 0. The Kier molecular flexibility index (Phi) is 25.9. The van der Waals surface area contributed by atoms with Crippen LogP contribution in [0.3, 0.4) is 0 Å². The Balaban J connectivity index is -0.00000180. The van der Waals surface area contributed by atoms with Gasteiger partial charge < -0.3 is 4.48 Å². The molecule has 0 atom stereocenters. The van der Waals surface area contributed by atoms with E-state index < -0.39 is 0 Å². The Labute approximate surface area is 170 Å². The van der Waals surface area contributed by atoms with Crippen molar-refractivity contribution in [2.75, 3.05) is 27.7 Å². The summed E-state index contributed by atoms with van der Waals surface area (Å²) >= 11 is 0. The standard InChI is InChI=1S/C19H42N.ClH.Na.H/c1-5-6-7-8-9-10-11-12-13-14-15-16-17-18-19-20(2,3)4;;;/h5-19H2,1-4H3;1H;;/q+1;;;. The molecule has 0 aromatic rings. The van der Waals surface area contributed by atoms with E-state index in [1.165, 1.54) is 96.4 Å². The van der Waals surface area contributed by atoms with Crippen molar-refractivity contribution < 1.29 is 4.48 Å². The predicted octanol–water partition coefficient (Wildman–Crippen LogP) is 5.95. The van der Waals surface area contributed by atoms with Gasteiger partial charge in [0, 0.05) is 0 Å². The zero-order valence-corrected chi connectivity index (χ0v) is 16.3. The summed E-state index contributed by atoms with van der Waals surface area (Å²) in [4.78, 5) is 0. The van der Waals surface area contributed by atoms with Crippen LogP contribution < -0.4 is 0 Å². The van der Waals surface area contributed by atoms with Crippen LogP contribution in [0.15, 0.2) is 0 Å². The third kappa shape index (κ3) is 26.2. The van der Waals surface area contributed by atoms with Crippen molar-refractivity contribution in [2.24, 2.45) is 0 Å². The van der Waals surface area contributed by atoms with Crippen LogP contribution in [-0.4, -0.2) is 61.7 Å². The van der Waals surface area contributed by atoms with E-state index >= 15 is 0 Å². The molecule has 1 nitrogen and oxygen atoms in total. The van der Waals surface area contributed by atoms with Gasteiger partial charge >= 0.3 is 29.6 Å². The van der Waals surface area contributed by atoms with Crippen LogP contribution in [0, 0.1) is 0 Å². The van der Waals surface area contributed by atoms with E-state index in [0.29, 0.717) is 0 Å². The normalized spacial score (nSPS) is 10.9. The van der Waals surface area contributed by atoms with Crippen LogP contribution in [-0.2, 0) is 0 Å². The predicted molar refractivity (Wildman–Crippen MR) is 108 cm³/mol. The molecule has 0 aromatic heterocycles. The fraction of sp³-hybridized carbons (Fsp3) is 1.00. The summed E-state index contributed by atoms with van der Waals surface area (Å²) < 4.78 is 1.12. The van der Waals surface area contributed by atoms with Crippen molar-refractivity contribution in [3.05, 3.63) is 0 Å². The van der Waals surface area contributed by atoms with Crippen molar-refractivity contribution in [3.63, 3.8) is 0 Å². The van der Waals surface area contributed by atoms with Gasteiger partial charge in [0.05, 0.1) is 27.7 Å². The maximum atomic E-state index is 2.29. The average Bonchev–Trinajstić information content (AvgIpc) is 2.38. The van der Waals surface area contributed by atoms with Gasteiger partial charge in [0.15, 0.2) is 0 Å². The number of hydrogen-bond acceptors (Lipinski definition) is 0. The quantitative estimate of drug-likeness (QED) is 0.196. The van der Waals surface area contributed by atoms with Gasteiger partial charge in [0.25, 0.3) is 0 Å². The zero-order chi connectivity index (χ0) is 15.1. The van der Waals surface area contributed by atoms with E-state index in [1.54, 1.807) is 0 Å². The van der Waals surface area contributed by atoms with Crippen molar-refractivity contribution in [1.29, 1.82) is 0 Å². The Bertz CT molecular complexity index is 192. The summed E-state index contributed by atoms with van der Waals surface area (Å²) in [6.45, 7) is 3.63. The van der Waals surface area contributed by atoms with Crippen LogP contribution in [0.4, 0.5) is 0 Å². The van der Waals surface area contributed by atoms with Gasteiger partial charge in [-0.15, -0.1) is 12.4 Å². The topological polar surface area (TPSA) is 0 Å². The molecule has 0 aliphatic rings. The van der Waals surface area contributed by atoms with Gasteiger partial charge in [-0.1, -0.05) is 84.0 Å². The van der Waals surface area contributed by atoms with E-state index in [2.05, 4.69) is 28.1 Å². The van der Waals surface area contributed by atoms with Crippen LogP contribution in [0.2, 0.25) is 0 Å². The molecule has 132 valence electrons. The molecular formula is C19H44ClNNa+. The fourth-order valence-electron chi connectivity index (χ4n) is 2.78. The molecule has 0 unspecified atom stereocenters. The van der Waals surface area contributed by atoms with Gasteiger partial charge in [-0.25, -0.2) is 0 Å². The van der Waals surface area contributed by atoms with E-state index in [1.807, 2.05) is 0 Å².